The molecule has 0 bridgehead atoms. The summed E-state index contributed by atoms with van der Waals surface area (Å²) in [5.41, 5.74) is 7.68. The van der Waals surface area contributed by atoms with Crippen LogP contribution in [0.4, 0.5) is 0 Å². The molecule has 364 valence electrons. The summed E-state index contributed by atoms with van der Waals surface area (Å²) in [7, 11) is -4.41. The minimum absolute atomic E-state index is 0.0914. The van der Waals surface area contributed by atoms with Crippen LogP contribution in [0.25, 0.3) is 0 Å². The Morgan fingerprint density at radius 3 is 1.89 bits per heavy atom. The second-order valence-electron chi connectivity index (χ2n) is 15.6. The maximum absolute atomic E-state index is 13.9. The number of piperidine rings is 1. The molecule has 1 saturated heterocycles. The predicted octanol–water partition coefficient (Wildman–Crippen LogP) is -0.407. The molecule has 10 N–H and O–H groups in total. The number of nitrogens with two attached hydrogens (primary N) is 1. The van der Waals surface area contributed by atoms with Gasteiger partial charge in [0.2, 0.25) is 11.8 Å². The number of hydroxylamine groups is 1. The fourth-order valence-electron chi connectivity index (χ4n) is 7.38. The number of carbonyl (C=O) groups excluding carboxylic acids is 3. The van der Waals surface area contributed by atoms with Crippen molar-refractivity contribution in [3.8, 4) is 11.5 Å². The highest BCUT2D eigenvalue weighted by atomic mass is 32.2. The highest BCUT2D eigenvalue weighted by molar-refractivity contribution is 7.93. The van der Waals surface area contributed by atoms with Gasteiger partial charge in [0.1, 0.15) is 17.5 Å². The number of carbonyl (C=O) groups is 7. The molecule has 1 aliphatic rings. The second-order valence-corrected chi connectivity index (χ2v) is 17.8. The topological polar surface area (TPSA) is 360 Å². The van der Waals surface area contributed by atoms with Crippen LogP contribution in [0.1, 0.15) is 44.9 Å². The van der Waals surface area contributed by atoms with Gasteiger partial charge in [-0.1, -0.05) is 6.58 Å². The Kier molecular flexibility index (Phi) is 21.3. The third-order valence-corrected chi connectivity index (χ3v) is 13.3. The molecule has 66 heavy (non-hydrogen) atoms. The summed E-state index contributed by atoms with van der Waals surface area (Å²) in [4.78, 5) is 94.5. The van der Waals surface area contributed by atoms with E-state index in [1.165, 1.54) is 50.6 Å². The molecule has 3 amide bonds. The lowest BCUT2D eigenvalue weighted by atomic mass is 9.94. The standard InChI is InChI=1S/C41H58N8O16S/c1-28(50)24-46(25-35(52)53)19-21-48(22-20-47(26-36(54)55)27-37(56)57)33(39(59)60)11-12-34(51)44-16-3-2-6-32(42)38(58)49-17-13-41(14-18-49,40(61)45-62)66(63,64)31-9-7-29(8-10-31)65-30-5-4-15-43-23-30/h4-5,7-10,15,23,32-33,50,62H,1-3,6,11-14,16-22,24-27,42H2,(H,44,51)(H,45,61)(H,52,53)(H,54,55)(H,56,57)(H,59,60)/t32-,33-/m0/s1. The number of aromatic nitrogens is 1. The van der Waals surface area contributed by atoms with Gasteiger partial charge in [-0.15, -0.1) is 0 Å². The Morgan fingerprint density at radius 1 is 0.818 bits per heavy atom. The van der Waals surface area contributed by atoms with E-state index in [2.05, 4.69) is 16.9 Å². The first-order valence-electron chi connectivity index (χ1n) is 20.8. The van der Waals surface area contributed by atoms with Crippen molar-refractivity contribution in [2.75, 3.05) is 72.0 Å². The molecule has 2 atom stereocenters. The van der Waals surface area contributed by atoms with Crippen LogP contribution >= 0.6 is 0 Å². The SMILES string of the molecule is C=C(O)CN(CCN(CCN(CC(=O)O)CC(=O)O)[C@@H](CCC(=O)NCCCC[C@H](N)C(=O)N1CCC(C(=O)NO)(S(=O)(=O)c2ccc(Oc3cccnc3)cc2)CC1)C(=O)O)CC(=O)O. The lowest BCUT2D eigenvalue weighted by molar-refractivity contribution is -0.146. The molecule has 1 aromatic carbocycles. The molecule has 0 spiro atoms. The maximum atomic E-state index is 13.9. The number of pyridine rings is 1. The molecule has 0 unspecified atom stereocenters. The molecule has 2 aromatic rings. The van der Waals surface area contributed by atoms with Gasteiger partial charge >= 0.3 is 23.9 Å². The van der Waals surface area contributed by atoms with Gasteiger partial charge in [0, 0.05) is 58.4 Å². The summed E-state index contributed by atoms with van der Waals surface area (Å²) < 4.78 is 31.4. The minimum atomic E-state index is -4.41. The first-order chi connectivity index (χ1) is 31.2. The Labute approximate surface area is 380 Å². The van der Waals surface area contributed by atoms with Crippen molar-refractivity contribution in [2.24, 2.45) is 5.73 Å². The number of carboxylic acids is 4. The van der Waals surface area contributed by atoms with Crippen molar-refractivity contribution in [3.05, 3.63) is 61.1 Å². The van der Waals surface area contributed by atoms with Gasteiger partial charge in [0.05, 0.1) is 49.1 Å². The molecule has 2 heterocycles. The predicted molar refractivity (Wildman–Crippen MR) is 231 cm³/mol. The molecule has 25 heteroatoms. The smallest absolute Gasteiger partial charge is 0.320 e. The molecule has 24 nitrogen and oxygen atoms in total. The number of aliphatic carboxylic acids is 4. The van der Waals surface area contributed by atoms with Crippen LogP contribution in [0.2, 0.25) is 0 Å². The Hall–Kier alpha value is -6.25. The number of sulfone groups is 1. The number of aliphatic hydroxyl groups is 1. The van der Waals surface area contributed by atoms with Gasteiger partial charge in [0.15, 0.2) is 14.6 Å². The van der Waals surface area contributed by atoms with Crippen molar-refractivity contribution >= 4 is 51.4 Å². The zero-order chi connectivity index (χ0) is 49.0. The summed E-state index contributed by atoms with van der Waals surface area (Å²) in [6, 6.07) is 6.36. The average molecular weight is 951 g/mol. The molecule has 0 aliphatic carbocycles. The Morgan fingerprint density at radius 2 is 1.39 bits per heavy atom. The number of ether oxygens (including phenoxy) is 1. The molecule has 0 saturated carbocycles. The summed E-state index contributed by atoms with van der Waals surface area (Å²) in [6.45, 7) is 0.480. The summed E-state index contributed by atoms with van der Waals surface area (Å²) >= 11 is 0. The number of carboxylic acid groups (broad SMARTS) is 4. The number of rotatable bonds is 30. The van der Waals surface area contributed by atoms with Gasteiger partial charge in [-0.3, -0.25) is 58.5 Å². The quantitative estimate of drug-likeness (QED) is 0.0208. The fraction of sp³-hybridized carbons (Fsp3) is 0.512. The molecule has 0 radical (unpaired) electrons. The van der Waals surface area contributed by atoms with Crippen molar-refractivity contribution < 1.29 is 77.5 Å². The number of amides is 3. The second kappa shape index (κ2) is 26.0. The van der Waals surface area contributed by atoms with E-state index >= 15 is 0 Å². The maximum Gasteiger partial charge on any atom is 0.320 e. The molecular weight excluding hydrogens is 893 g/mol. The van der Waals surface area contributed by atoms with E-state index in [9.17, 15) is 72.7 Å². The normalized spacial score (nSPS) is 14.6. The summed E-state index contributed by atoms with van der Waals surface area (Å²) in [5, 5.41) is 59.8. The Bertz CT molecular complexity index is 2030. The van der Waals surface area contributed by atoms with Crippen molar-refractivity contribution in [1.82, 2.24) is 35.4 Å². The monoisotopic (exact) mass is 950 g/mol. The third kappa shape index (κ3) is 16.6. The summed E-state index contributed by atoms with van der Waals surface area (Å²) in [6.07, 6.45) is 2.76. The Balaban J connectivity index is 1.53. The fourth-order valence-corrected chi connectivity index (χ4v) is 9.34. The van der Waals surface area contributed by atoms with E-state index in [1.807, 2.05) is 0 Å². The number of aliphatic hydroxyl groups excluding tert-OH is 1. The van der Waals surface area contributed by atoms with E-state index in [0.29, 0.717) is 24.3 Å². The molecule has 1 aromatic heterocycles. The molecular formula is C41H58N8O16S. The minimum Gasteiger partial charge on any atom is -0.512 e. The van der Waals surface area contributed by atoms with Crippen LogP contribution in [-0.4, -0.2) is 194 Å². The number of nitrogens with one attached hydrogen (secondary N) is 2. The number of hydrogen-bond acceptors (Lipinski definition) is 17. The zero-order valence-electron chi connectivity index (χ0n) is 36.2. The number of benzene rings is 1. The van der Waals surface area contributed by atoms with Crippen molar-refractivity contribution in [1.29, 1.82) is 0 Å². The summed E-state index contributed by atoms with van der Waals surface area (Å²) in [5.74, 6) is -6.99. The lowest BCUT2D eigenvalue weighted by Crippen LogP contribution is -2.59. The van der Waals surface area contributed by atoms with Crippen LogP contribution in [0.15, 0.2) is 66.0 Å². The lowest BCUT2D eigenvalue weighted by Gasteiger charge is -2.40. The van der Waals surface area contributed by atoms with Gasteiger partial charge in [-0.25, -0.2) is 13.9 Å². The van der Waals surface area contributed by atoms with Gasteiger partial charge in [0.25, 0.3) is 5.91 Å². The van der Waals surface area contributed by atoms with Crippen molar-refractivity contribution in [2.45, 2.75) is 66.7 Å². The largest absolute Gasteiger partial charge is 0.512 e. The zero-order valence-corrected chi connectivity index (χ0v) is 37.0. The van der Waals surface area contributed by atoms with Crippen LogP contribution in [0.3, 0.4) is 0 Å². The van der Waals surface area contributed by atoms with Crippen LogP contribution < -0.4 is 21.3 Å². The number of likely N-dealkylation sites (tertiary alicyclic amines) is 1. The van der Waals surface area contributed by atoms with E-state index in [-0.39, 0.29) is 95.1 Å². The number of unbranched alkanes of at least 4 members (excludes halogenated alkanes) is 1. The van der Waals surface area contributed by atoms with Crippen LogP contribution in [-0.2, 0) is 43.4 Å². The van der Waals surface area contributed by atoms with Crippen LogP contribution in [0.5, 0.6) is 11.5 Å². The van der Waals surface area contributed by atoms with E-state index in [1.54, 1.807) is 18.3 Å². The first-order valence-corrected chi connectivity index (χ1v) is 22.3. The van der Waals surface area contributed by atoms with E-state index in [0.717, 1.165) is 4.90 Å². The molecule has 1 fully saturated rings. The van der Waals surface area contributed by atoms with E-state index < -0.39 is 87.9 Å². The van der Waals surface area contributed by atoms with Crippen LogP contribution in [0, 0.1) is 0 Å². The highest BCUT2D eigenvalue weighted by Gasteiger charge is 2.53. The van der Waals surface area contributed by atoms with Crippen molar-refractivity contribution in [3.63, 3.8) is 0 Å². The van der Waals surface area contributed by atoms with Gasteiger partial charge in [-0.05, 0) is 74.9 Å². The highest BCUT2D eigenvalue weighted by Crippen LogP contribution is 2.37. The molecule has 1 aliphatic heterocycles. The first kappa shape index (κ1) is 54.1. The molecule has 3 rings (SSSR count). The van der Waals surface area contributed by atoms with E-state index in [4.69, 9.17) is 10.5 Å². The number of hydrogen-bond donors (Lipinski definition) is 9. The average Bonchev–Trinajstić information content (AvgIpc) is 3.25. The number of nitrogens with zero attached hydrogens (tertiary/aromatic N) is 5. The van der Waals surface area contributed by atoms with Gasteiger partial charge in [-0.2, -0.15) is 0 Å². The van der Waals surface area contributed by atoms with Gasteiger partial charge < -0.3 is 46.2 Å². The third-order valence-electron chi connectivity index (χ3n) is 10.8.